The van der Waals surface area contributed by atoms with Gasteiger partial charge in [-0.2, -0.15) is 0 Å². The molecule has 16 heavy (non-hydrogen) atoms. The maximum atomic E-state index is 6.07. The Labute approximate surface area is 110 Å². The second kappa shape index (κ2) is 5.01. The average Bonchev–Trinajstić information content (AvgIpc) is 2.13. The molecule has 1 aliphatic rings. The van der Waals surface area contributed by atoms with Gasteiger partial charge in [0, 0.05) is 18.2 Å². The third-order valence-electron chi connectivity index (χ3n) is 2.78. The predicted octanol–water partition coefficient (Wildman–Crippen LogP) is 4.24. The van der Waals surface area contributed by atoms with Crippen molar-refractivity contribution in [1.82, 2.24) is 0 Å². The van der Waals surface area contributed by atoms with Crippen molar-refractivity contribution in [2.75, 3.05) is 12.4 Å². The van der Waals surface area contributed by atoms with Gasteiger partial charge in [-0.3, -0.25) is 0 Å². The van der Waals surface area contributed by atoms with Crippen molar-refractivity contribution < 1.29 is 4.74 Å². The molecule has 2 rings (SSSR count). The summed E-state index contributed by atoms with van der Waals surface area (Å²) in [7, 11) is 1.73. The van der Waals surface area contributed by atoms with Crippen LogP contribution in [-0.4, -0.2) is 19.3 Å². The van der Waals surface area contributed by atoms with Gasteiger partial charge in [-0.05, 0) is 25.0 Å². The van der Waals surface area contributed by atoms with Crippen molar-refractivity contribution in [1.29, 1.82) is 0 Å². The number of rotatable bonds is 3. The zero-order valence-corrected chi connectivity index (χ0v) is 11.0. The first-order valence-corrected chi connectivity index (χ1v) is 6.17. The van der Waals surface area contributed by atoms with E-state index in [-0.39, 0.29) is 0 Å². The lowest BCUT2D eigenvalue weighted by Crippen LogP contribution is -2.40. The van der Waals surface area contributed by atoms with Crippen LogP contribution in [0.1, 0.15) is 12.8 Å². The summed E-state index contributed by atoms with van der Waals surface area (Å²) in [5.74, 6) is 0. The summed E-state index contributed by atoms with van der Waals surface area (Å²) in [6, 6.07) is 3.74. The Hall–Kier alpha value is -0.150. The minimum atomic E-state index is 0.349. The van der Waals surface area contributed by atoms with Gasteiger partial charge >= 0.3 is 0 Å². The standard InChI is InChI=1S/C11H12Cl3NO/c1-16-8-4-7(5-8)15-11-9(13)2-6(12)3-10(11)14/h2-3,7-8,15H,4-5H2,1H3. The maximum absolute atomic E-state index is 6.07. The number of nitrogens with one attached hydrogen (secondary N) is 1. The van der Waals surface area contributed by atoms with Crippen LogP contribution in [0.3, 0.4) is 0 Å². The summed E-state index contributed by atoms with van der Waals surface area (Å²) in [6.45, 7) is 0. The molecule has 0 unspecified atom stereocenters. The highest BCUT2D eigenvalue weighted by atomic mass is 35.5. The lowest BCUT2D eigenvalue weighted by atomic mass is 9.89. The summed E-state index contributed by atoms with van der Waals surface area (Å²) in [4.78, 5) is 0. The van der Waals surface area contributed by atoms with Gasteiger partial charge in [0.15, 0.2) is 0 Å². The Morgan fingerprint density at radius 2 is 1.75 bits per heavy atom. The molecule has 1 aliphatic carbocycles. The van der Waals surface area contributed by atoms with Crippen LogP contribution in [0.15, 0.2) is 12.1 Å². The number of anilines is 1. The molecule has 2 nitrogen and oxygen atoms in total. The van der Waals surface area contributed by atoms with Gasteiger partial charge in [-0.15, -0.1) is 0 Å². The van der Waals surface area contributed by atoms with Crippen LogP contribution in [0.4, 0.5) is 5.69 Å². The third-order valence-corrected chi connectivity index (χ3v) is 3.60. The Kier molecular flexibility index (Phi) is 3.85. The van der Waals surface area contributed by atoms with Crippen LogP contribution < -0.4 is 5.32 Å². The van der Waals surface area contributed by atoms with Crippen LogP contribution in [0.25, 0.3) is 0 Å². The van der Waals surface area contributed by atoms with E-state index in [1.807, 2.05) is 0 Å². The van der Waals surface area contributed by atoms with Gasteiger partial charge < -0.3 is 10.1 Å². The maximum Gasteiger partial charge on any atom is 0.0722 e. The van der Waals surface area contributed by atoms with Crippen molar-refractivity contribution in [3.8, 4) is 0 Å². The van der Waals surface area contributed by atoms with Gasteiger partial charge in [-0.1, -0.05) is 34.8 Å². The molecule has 1 aromatic carbocycles. The number of methoxy groups -OCH3 is 1. The number of hydrogen-bond acceptors (Lipinski definition) is 2. The van der Waals surface area contributed by atoms with Crippen molar-refractivity contribution in [2.45, 2.75) is 25.0 Å². The van der Waals surface area contributed by atoms with Gasteiger partial charge in [0.05, 0.1) is 21.8 Å². The number of benzene rings is 1. The molecule has 0 heterocycles. The molecule has 0 amide bonds. The second-order valence-corrected chi connectivity index (χ2v) is 5.17. The van der Waals surface area contributed by atoms with Crippen LogP contribution >= 0.6 is 34.8 Å². The second-order valence-electron chi connectivity index (χ2n) is 3.91. The molecule has 1 saturated carbocycles. The minimum Gasteiger partial charge on any atom is -0.381 e. The van der Waals surface area contributed by atoms with Crippen molar-refractivity contribution in [2.24, 2.45) is 0 Å². The molecule has 0 bridgehead atoms. The zero-order chi connectivity index (χ0) is 11.7. The van der Waals surface area contributed by atoms with Gasteiger partial charge in [0.2, 0.25) is 0 Å². The lowest BCUT2D eigenvalue weighted by molar-refractivity contribution is 0.0329. The van der Waals surface area contributed by atoms with Crippen LogP contribution in [0, 0.1) is 0 Å². The van der Waals surface area contributed by atoms with E-state index in [0.717, 1.165) is 18.5 Å². The normalized spacial score (nSPS) is 24.0. The lowest BCUT2D eigenvalue weighted by Gasteiger charge is -2.35. The van der Waals surface area contributed by atoms with Crippen molar-refractivity contribution in [3.63, 3.8) is 0 Å². The van der Waals surface area contributed by atoms with Crippen molar-refractivity contribution >= 4 is 40.5 Å². The summed E-state index contributed by atoms with van der Waals surface area (Å²) >= 11 is 18.0. The smallest absolute Gasteiger partial charge is 0.0722 e. The third kappa shape index (κ3) is 2.57. The van der Waals surface area contributed by atoms with Crippen LogP contribution in [0.5, 0.6) is 0 Å². The molecule has 5 heteroatoms. The fourth-order valence-electron chi connectivity index (χ4n) is 1.76. The van der Waals surface area contributed by atoms with E-state index >= 15 is 0 Å². The monoisotopic (exact) mass is 279 g/mol. The molecule has 0 radical (unpaired) electrons. The van der Waals surface area contributed by atoms with E-state index in [1.54, 1.807) is 19.2 Å². The molecule has 0 aromatic heterocycles. The van der Waals surface area contributed by atoms with E-state index < -0.39 is 0 Å². The van der Waals surface area contributed by atoms with Crippen LogP contribution in [-0.2, 0) is 4.74 Å². The largest absolute Gasteiger partial charge is 0.381 e. The van der Waals surface area contributed by atoms with Gasteiger partial charge in [0.25, 0.3) is 0 Å². The molecule has 88 valence electrons. The first-order chi connectivity index (χ1) is 7.60. The number of ether oxygens (including phenoxy) is 1. The highest BCUT2D eigenvalue weighted by Gasteiger charge is 2.29. The topological polar surface area (TPSA) is 21.3 Å². The molecular formula is C11H12Cl3NO. The van der Waals surface area contributed by atoms with E-state index in [2.05, 4.69) is 5.32 Å². The van der Waals surface area contributed by atoms with E-state index in [1.165, 1.54) is 0 Å². The van der Waals surface area contributed by atoms with Gasteiger partial charge in [0.1, 0.15) is 0 Å². The summed E-state index contributed by atoms with van der Waals surface area (Å²) in [5, 5.41) is 4.96. The molecule has 0 saturated heterocycles. The molecule has 1 N–H and O–H groups in total. The first-order valence-electron chi connectivity index (χ1n) is 5.04. The minimum absolute atomic E-state index is 0.349. The fraction of sp³-hybridized carbons (Fsp3) is 0.455. The predicted molar refractivity (Wildman–Crippen MR) is 68.9 cm³/mol. The van der Waals surface area contributed by atoms with E-state index in [0.29, 0.717) is 27.2 Å². The Morgan fingerprint density at radius 1 is 1.19 bits per heavy atom. The molecule has 0 aliphatic heterocycles. The van der Waals surface area contributed by atoms with E-state index in [4.69, 9.17) is 39.5 Å². The Morgan fingerprint density at radius 3 is 2.25 bits per heavy atom. The Balaban J connectivity index is 2.05. The molecular weight excluding hydrogens is 268 g/mol. The number of halogens is 3. The SMILES string of the molecule is COC1CC(Nc2c(Cl)cc(Cl)cc2Cl)C1. The van der Waals surface area contributed by atoms with Gasteiger partial charge in [-0.25, -0.2) is 0 Å². The van der Waals surface area contributed by atoms with E-state index in [9.17, 15) is 0 Å². The summed E-state index contributed by atoms with van der Waals surface area (Å²) in [6.07, 6.45) is 2.31. The number of hydrogen-bond donors (Lipinski definition) is 1. The van der Waals surface area contributed by atoms with Crippen LogP contribution in [0.2, 0.25) is 15.1 Å². The molecule has 0 atom stereocenters. The Bertz CT molecular complexity index is 368. The van der Waals surface area contributed by atoms with Crippen molar-refractivity contribution in [3.05, 3.63) is 27.2 Å². The molecule has 1 aromatic rings. The summed E-state index contributed by atoms with van der Waals surface area (Å²) < 4.78 is 5.21. The molecule has 0 spiro atoms. The summed E-state index contributed by atoms with van der Waals surface area (Å²) in [5.41, 5.74) is 0.757. The highest BCUT2D eigenvalue weighted by molar-refractivity contribution is 6.41. The average molecular weight is 281 g/mol. The fourth-order valence-corrected chi connectivity index (χ4v) is 2.69. The zero-order valence-electron chi connectivity index (χ0n) is 8.77. The molecule has 1 fully saturated rings. The highest BCUT2D eigenvalue weighted by Crippen LogP contribution is 2.36. The first kappa shape index (κ1) is 12.3. The quantitative estimate of drug-likeness (QED) is 0.894.